The molecule has 2 atom stereocenters. The number of likely N-dealkylation sites (tertiary alicyclic amines) is 1. The molecule has 2 aliphatic rings. The average molecular weight is 371 g/mol. The molecule has 0 bridgehead atoms. The van der Waals surface area contributed by atoms with Crippen molar-refractivity contribution in [2.75, 3.05) is 39.4 Å². The molecule has 2 aliphatic heterocycles. The van der Waals surface area contributed by atoms with E-state index in [4.69, 9.17) is 14.1 Å². The van der Waals surface area contributed by atoms with Crippen LogP contribution in [0.2, 0.25) is 0 Å². The zero-order valence-corrected chi connectivity index (χ0v) is 16.0. The van der Waals surface area contributed by atoms with Gasteiger partial charge in [0.05, 0.1) is 19.1 Å². The minimum Gasteiger partial charge on any atom is -0.469 e. The Hall–Kier alpha value is -2.28. The number of hydrogen-bond acceptors (Lipinski definition) is 4. The predicted molar refractivity (Wildman–Crippen MR) is 104 cm³/mol. The van der Waals surface area contributed by atoms with E-state index in [0.29, 0.717) is 11.8 Å². The van der Waals surface area contributed by atoms with E-state index in [2.05, 4.69) is 21.5 Å². The van der Waals surface area contributed by atoms with Crippen LogP contribution >= 0.6 is 0 Å². The normalized spacial score (nSPS) is 23.3. The first-order valence-corrected chi connectivity index (χ1v) is 9.90. The van der Waals surface area contributed by atoms with Gasteiger partial charge in [0, 0.05) is 64.3 Å². The summed E-state index contributed by atoms with van der Waals surface area (Å²) in [5.74, 6) is 3.08. The summed E-state index contributed by atoms with van der Waals surface area (Å²) >= 11 is 0. The highest BCUT2D eigenvalue weighted by Crippen LogP contribution is 2.26. The molecule has 2 fully saturated rings. The van der Waals surface area contributed by atoms with Gasteiger partial charge in [-0.25, -0.2) is 0 Å². The summed E-state index contributed by atoms with van der Waals surface area (Å²) in [6, 6.07) is 3.95. The van der Waals surface area contributed by atoms with E-state index in [0.717, 1.165) is 70.4 Å². The molecule has 0 aromatic carbocycles. The van der Waals surface area contributed by atoms with Gasteiger partial charge in [0.15, 0.2) is 5.96 Å². The predicted octanol–water partition coefficient (Wildman–Crippen LogP) is 2.03. The number of aliphatic imine (C=N–C) groups is 1. The van der Waals surface area contributed by atoms with Crippen LogP contribution in [0, 0.1) is 5.92 Å². The Morgan fingerprint density at radius 1 is 1.41 bits per heavy atom. The topological polar surface area (TPSA) is 67.8 Å². The summed E-state index contributed by atoms with van der Waals surface area (Å²) in [7, 11) is 1.98. The van der Waals surface area contributed by atoms with Crippen LogP contribution in [-0.4, -0.2) is 60.0 Å². The van der Waals surface area contributed by atoms with E-state index < -0.39 is 0 Å². The molecule has 1 N–H and O–H groups in total. The summed E-state index contributed by atoms with van der Waals surface area (Å²) < 4.78 is 12.8. The first kappa shape index (κ1) is 18.1. The summed E-state index contributed by atoms with van der Waals surface area (Å²) in [5.41, 5.74) is 1.32. The van der Waals surface area contributed by atoms with Crippen molar-refractivity contribution in [3.05, 3.63) is 42.1 Å². The van der Waals surface area contributed by atoms with E-state index in [1.807, 2.05) is 30.1 Å². The smallest absolute Gasteiger partial charge is 0.193 e. The standard InChI is InChI=1S/C20H29N5O2/c1-24-13-18(12-23-24)17-5-8-25(14-17)20(22-11-16-6-10-26-15-16)21-7-4-19-3-2-9-27-19/h2-3,9,12-13,16-17H,4-8,10-11,14-15H2,1H3,(H,21,22). The number of guanidine groups is 1. The van der Waals surface area contributed by atoms with Crippen LogP contribution in [0.1, 0.15) is 30.1 Å². The fourth-order valence-corrected chi connectivity index (χ4v) is 3.84. The van der Waals surface area contributed by atoms with Crippen LogP contribution in [0.3, 0.4) is 0 Å². The lowest BCUT2D eigenvalue weighted by atomic mass is 10.0. The minimum atomic E-state index is 0.519. The van der Waals surface area contributed by atoms with Crippen LogP contribution in [-0.2, 0) is 18.2 Å². The maximum atomic E-state index is 5.50. The van der Waals surface area contributed by atoms with Gasteiger partial charge in [-0.1, -0.05) is 0 Å². The first-order chi connectivity index (χ1) is 13.3. The molecule has 2 unspecified atom stereocenters. The summed E-state index contributed by atoms with van der Waals surface area (Å²) in [5, 5.41) is 7.88. The van der Waals surface area contributed by atoms with Crippen molar-refractivity contribution in [3.8, 4) is 0 Å². The Kier molecular flexibility index (Phi) is 5.77. The van der Waals surface area contributed by atoms with Gasteiger partial charge in [-0.2, -0.15) is 5.10 Å². The van der Waals surface area contributed by atoms with Gasteiger partial charge >= 0.3 is 0 Å². The number of nitrogens with zero attached hydrogens (tertiary/aromatic N) is 4. The zero-order chi connectivity index (χ0) is 18.5. The zero-order valence-electron chi connectivity index (χ0n) is 16.0. The number of nitrogens with one attached hydrogen (secondary N) is 1. The third kappa shape index (κ3) is 4.71. The molecule has 27 heavy (non-hydrogen) atoms. The maximum Gasteiger partial charge on any atom is 0.193 e. The van der Waals surface area contributed by atoms with E-state index in [1.165, 1.54) is 5.56 Å². The van der Waals surface area contributed by atoms with Crippen LogP contribution in [0.25, 0.3) is 0 Å². The SMILES string of the molecule is Cn1cc(C2CCN(C(=NCC3CCOC3)NCCc3ccco3)C2)cn1. The lowest BCUT2D eigenvalue weighted by molar-refractivity contribution is 0.187. The first-order valence-electron chi connectivity index (χ1n) is 9.90. The fraction of sp³-hybridized carbons (Fsp3) is 0.600. The van der Waals surface area contributed by atoms with Gasteiger partial charge in [0.1, 0.15) is 5.76 Å². The summed E-state index contributed by atoms with van der Waals surface area (Å²) in [4.78, 5) is 7.32. The molecular weight excluding hydrogens is 342 g/mol. The minimum absolute atomic E-state index is 0.519. The molecule has 7 nitrogen and oxygen atoms in total. The Bertz CT molecular complexity index is 733. The van der Waals surface area contributed by atoms with Gasteiger partial charge < -0.3 is 19.4 Å². The van der Waals surface area contributed by atoms with Crippen molar-refractivity contribution in [2.45, 2.75) is 25.2 Å². The van der Waals surface area contributed by atoms with Gasteiger partial charge in [-0.3, -0.25) is 9.67 Å². The van der Waals surface area contributed by atoms with E-state index in [-0.39, 0.29) is 0 Å². The number of ether oxygens (including phenoxy) is 1. The Morgan fingerprint density at radius 3 is 3.11 bits per heavy atom. The van der Waals surface area contributed by atoms with Crippen molar-refractivity contribution >= 4 is 5.96 Å². The monoisotopic (exact) mass is 371 g/mol. The highest BCUT2D eigenvalue weighted by molar-refractivity contribution is 5.80. The quantitative estimate of drug-likeness (QED) is 0.622. The molecule has 2 aromatic rings. The van der Waals surface area contributed by atoms with Gasteiger partial charge in [0.2, 0.25) is 0 Å². The number of aryl methyl sites for hydroxylation is 1. The van der Waals surface area contributed by atoms with Crippen LogP contribution in [0.15, 0.2) is 40.2 Å². The lowest BCUT2D eigenvalue weighted by Gasteiger charge is -2.22. The van der Waals surface area contributed by atoms with Gasteiger partial charge in [-0.15, -0.1) is 0 Å². The molecule has 0 amide bonds. The molecule has 0 aliphatic carbocycles. The van der Waals surface area contributed by atoms with E-state index in [1.54, 1.807) is 6.26 Å². The van der Waals surface area contributed by atoms with Crippen molar-refractivity contribution in [2.24, 2.45) is 18.0 Å². The van der Waals surface area contributed by atoms with Crippen molar-refractivity contribution < 1.29 is 9.15 Å². The average Bonchev–Trinajstić information content (AvgIpc) is 3.46. The molecule has 7 heteroatoms. The van der Waals surface area contributed by atoms with Crippen molar-refractivity contribution in [1.29, 1.82) is 0 Å². The molecule has 0 saturated carbocycles. The second kappa shape index (κ2) is 8.61. The summed E-state index contributed by atoms with van der Waals surface area (Å²) in [6.07, 6.45) is 8.96. The van der Waals surface area contributed by atoms with Crippen LogP contribution in [0.4, 0.5) is 0 Å². The maximum absolute atomic E-state index is 5.50. The van der Waals surface area contributed by atoms with Crippen LogP contribution in [0.5, 0.6) is 0 Å². The van der Waals surface area contributed by atoms with Gasteiger partial charge in [-0.05, 0) is 30.5 Å². The molecule has 4 heterocycles. The molecule has 2 aromatic heterocycles. The Morgan fingerprint density at radius 2 is 2.37 bits per heavy atom. The van der Waals surface area contributed by atoms with E-state index >= 15 is 0 Å². The molecule has 4 rings (SSSR count). The molecule has 0 radical (unpaired) electrons. The molecular formula is C20H29N5O2. The number of aromatic nitrogens is 2. The molecule has 2 saturated heterocycles. The molecule has 146 valence electrons. The second-order valence-corrected chi connectivity index (χ2v) is 7.53. The van der Waals surface area contributed by atoms with Crippen molar-refractivity contribution in [3.63, 3.8) is 0 Å². The largest absolute Gasteiger partial charge is 0.469 e. The highest BCUT2D eigenvalue weighted by Gasteiger charge is 2.27. The third-order valence-electron chi connectivity index (χ3n) is 5.44. The second-order valence-electron chi connectivity index (χ2n) is 7.53. The molecule has 0 spiro atoms. The van der Waals surface area contributed by atoms with Crippen molar-refractivity contribution in [1.82, 2.24) is 20.0 Å². The number of hydrogen-bond donors (Lipinski definition) is 1. The Balaban J connectivity index is 1.37. The van der Waals surface area contributed by atoms with Gasteiger partial charge in [0.25, 0.3) is 0 Å². The summed E-state index contributed by atoms with van der Waals surface area (Å²) in [6.45, 7) is 5.36. The lowest BCUT2D eigenvalue weighted by Crippen LogP contribution is -2.41. The van der Waals surface area contributed by atoms with E-state index in [9.17, 15) is 0 Å². The third-order valence-corrected chi connectivity index (χ3v) is 5.44. The number of rotatable bonds is 6. The Labute approximate surface area is 160 Å². The van der Waals surface area contributed by atoms with Crippen LogP contribution < -0.4 is 5.32 Å². The number of furan rings is 1. The highest BCUT2D eigenvalue weighted by atomic mass is 16.5. The fourth-order valence-electron chi connectivity index (χ4n) is 3.84.